The summed E-state index contributed by atoms with van der Waals surface area (Å²) in [6, 6.07) is 0.961. The predicted octanol–water partition coefficient (Wildman–Crippen LogP) is 2.36. The maximum absolute atomic E-state index is 6.00. The number of nitrogens with zero attached hydrogens (tertiary/aromatic N) is 2. The largest absolute Gasteiger partial charge is 0.370 e. The molecule has 1 unspecified atom stereocenters. The lowest BCUT2D eigenvalue weighted by molar-refractivity contribution is 0.367. The van der Waals surface area contributed by atoms with Gasteiger partial charge in [-0.3, -0.25) is 0 Å². The van der Waals surface area contributed by atoms with E-state index in [0.29, 0.717) is 12.1 Å². The summed E-state index contributed by atoms with van der Waals surface area (Å²) >= 11 is 0. The lowest BCUT2D eigenvalue weighted by Gasteiger charge is -2.27. The van der Waals surface area contributed by atoms with Crippen molar-refractivity contribution in [1.82, 2.24) is 4.90 Å². The highest BCUT2D eigenvalue weighted by Crippen LogP contribution is 2.20. The lowest BCUT2D eigenvalue weighted by atomic mass is 9.96. The number of guanidine groups is 1. The van der Waals surface area contributed by atoms with Crippen LogP contribution in [0.25, 0.3) is 0 Å². The fourth-order valence-corrected chi connectivity index (χ4v) is 1.99. The van der Waals surface area contributed by atoms with Crippen LogP contribution >= 0.6 is 0 Å². The summed E-state index contributed by atoms with van der Waals surface area (Å²) < 4.78 is 0. The van der Waals surface area contributed by atoms with Gasteiger partial charge >= 0.3 is 0 Å². The molecule has 3 heteroatoms. The minimum absolute atomic E-state index is 0.477. The first-order valence-corrected chi connectivity index (χ1v) is 6.21. The molecule has 0 aromatic carbocycles. The Bertz CT molecular complexity index is 207. The highest BCUT2D eigenvalue weighted by molar-refractivity contribution is 5.78. The van der Waals surface area contributed by atoms with Gasteiger partial charge in [0.15, 0.2) is 5.96 Å². The van der Waals surface area contributed by atoms with Crippen LogP contribution < -0.4 is 5.73 Å². The quantitative estimate of drug-likeness (QED) is 0.575. The molecule has 1 aliphatic carbocycles. The zero-order chi connectivity index (χ0) is 11.3. The monoisotopic (exact) mass is 211 g/mol. The van der Waals surface area contributed by atoms with Crippen molar-refractivity contribution in [3.63, 3.8) is 0 Å². The third kappa shape index (κ3) is 3.73. The molecule has 0 radical (unpaired) electrons. The molecule has 0 aliphatic heterocycles. The van der Waals surface area contributed by atoms with Crippen molar-refractivity contribution in [1.29, 1.82) is 0 Å². The maximum Gasteiger partial charge on any atom is 0.191 e. The van der Waals surface area contributed by atoms with Crippen LogP contribution in [0.5, 0.6) is 0 Å². The molecule has 0 aromatic rings. The Hall–Kier alpha value is -0.730. The van der Waals surface area contributed by atoms with Crippen molar-refractivity contribution < 1.29 is 0 Å². The van der Waals surface area contributed by atoms with E-state index in [2.05, 4.69) is 23.7 Å². The van der Waals surface area contributed by atoms with E-state index in [1.54, 1.807) is 0 Å². The van der Waals surface area contributed by atoms with E-state index in [-0.39, 0.29) is 0 Å². The summed E-state index contributed by atoms with van der Waals surface area (Å²) in [6.07, 6.45) is 7.54. The molecule has 1 rings (SSSR count). The highest BCUT2D eigenvalue weighted by Gasteiger charge is 2.15. The first kappa shape index (κ1) is 12.3. The van der Waals surface area contributed by atoms with Crippen LogP contribution in [-0.2, 0) is 0 Å². The van der Waals surface area contributed by atoms with E-state index in [1.807, 2.05) is 7.05 Å². The Morgan fingerprint density at radius 3 is 2.53 bits per heavy atom. The number of aliphatic imine (C=N–C) groups is 1. The number of rotatable bonds is 3. The molecular formula is C12H25N3. The molecule has 88 valence electrons. The molecule has 0 aromatic heterocycles. The molecule has 0 bridgehead atoms. The molecule has 0 saturated heterocycles. The molecule has 0 heterocycles. The van der Waals surface area contributed by atoms with Gasteiger partial charge in [-0.05, 0) is 26.2 Å². The molecule has 3 nitrogen and oxygen atoms in total. The number of hydrogen-bond donors (Lipinski definition) is 1. The second kappa shape index (κ2) is 5.99. The first-order chi connectivity index (χ1) is 7.15. The van der Waals surface area contributed by atoms with E-state index in [4.69, 9.17) is 5.73 Å². The minimum Gasteiger partial charge on any atom is -0.370 e. The van der Waals surface area contributed by atoms with Crippen LogP contribution in [0.3, 0.4) is 0 Å². The third-order valence-corrected chi connectivity index (χ3v) is 3.50. The van der Waals surface area contributed by atoms with E-state index >= 15 is 0 Å². The molecule has 1 fully saturated rings. The lowest BCUT2D eigenvalue weighted by Crippen LogP contribution is -2.41. The summed E-state index contributed by atoms with van der Waals surface area (Å²) in [5.74, 6) is 0.719. The van der Waals surface area contributed by atoms with Crippen LogP contribution in [0.2, 0.25) is 0 Å². The molecule has 1 saturated carbocycles. The van der Waals surface area contributed by atoms with E-state index in [0.717, 1.165) is 12.4 Å². The van der Waals surface area contributed by atoms with Gasteiger partial charge in [0.05, 0.1) is 6.04 Å². The summed E-state index contributed by atoms with van der Waals surface area (Å²) in [6.45, 7) is 4.36. The Morgan fingerprint density at radius 1 is 1.40 bits per heavy atom. The highest BCUT2D eigenvalue weighted by atomic mass is 15.3. The molecule has 2 N–H and O–H groups in total. The van der Waals surface area contributed by atoms with Gasteiger partial charge in [-0.25, -0.2) is 4.99 Å². The molecule has 0 spiro atoms. The Labute approximate surface area is 93.7 Å². The van der Waals surface area contributed by atoms with E-state index < -0.39 is 0 Å². The van der Waals surface area contributed by atoms with Crippen molar-refractivity contribution in [2.45, 2.75) is 64.5 Å². The van der Waals surface area contributed by atoms with Crippen molar-refractivity contribution >= 4 is 5.96 Å². The van der Waals surface area contributed by atoms with Gasteiger partial charge in [-0.2, -0.15) is 0 Å². The zero-order valence-corrected chi connectivity index (χ0v) is 10.4. The van der Waals surface area contributed by atoms with E-state index in [9.17, 15) is 0 Å². The normalized spacial score (nSPS) is 21.4. The average Bonchev–Trinajstić information content (AvgIpc) is 2.28. The van der Waals surface area contributed by atoms with Crippen LogP contribution in [0.1, 0.15) is 52.4 Å². The van der Waals surface area contributed by atoms with Crippen LogP contribution in [0.15, 0.2) is 4.99 Å². The Morgan fingerprint density at radius 2 is 2.00 bits per heavy atom. The van der Waals surface area contributed by atoms with Crippen LogP contribution in [0, 0.1) is 0 Å². The molecule has 15 heavy (non-hydrogen) atoms. The summed E-state index contributed by atoms with van der Waals surface area (Å²) in [5.41, 5.74) is 6.00. The smallest absolute Gasteiger partial charge is 0.191 e. The molecule has 1 atom stereocenters. The average molecular weight is 211 g/mol. The first-order valence-electron chi connectivity index (χ1n) is 6.21. The Balaban J connectivity index is 2.49. The van der Waals surface area contributed by atoms with Gasteiger partial charge < -0.3 is 10.6 Å². The number of hydrogen-bond acceptors (Lipinski definition) is 1. The Kier molecular flexibility index (Phi) is 4.92. The fourth-order valence-electron chi connectivity index (χ4n) is 1.99. The van der Waals surface area contributed by atoms with Gasteiger partial charge in [0.25, 0.3) is 0 Å². The van der Waals surface area contributed by atoms with Crippen LogP contribution in [0.4, 0.5) is 0 Å². The second-order valence-corrected chi connectivity index (χ2v) is 4.65. The van der Waals surface area contributed by atoms with Crippen LogP contribution in [-0.4, -0.2) is 30.0 Å². The fraction of sp³-hybridized carbons (Fsp3) is 0.917. The predicted molar refractivity (Wildman–Crippen MR) is 66.0 cm³/mol. The zero-order valence-electron chi connectivity index (χ0n) is 10.4. The summed E-state index contributed by atoms with van der Waals surface area (Å²) in [7, 11) is 2.04. The molecule has 0 amide bonds. The van der Waals surface area contributed by atoms with Crippen molar-refractivity contribution in [2.24, 2.45) is 10.7 Å². The van der Waals surface area contributed by atoms with Gasteiger partial charge in [0.1, 0.15) is 0 Å². The van der Waals surface area contributed by atoms with Crippen molar-refractivity contribution in [2.75, 3.05) is 7.05 Å². The van der Waals surface area contributed by atoms with E-state index in [1.165, 1.54) is 32.1 Å². The topological polar surface area (TPSA) is 41.6 Å². The minimum atomic E-state index is 0.477. The van der Waals surface area contributed by atoms with Gasteiger partial charge in [-0.15, -0.1) is 0 Å². The van der Waals surface area contributed by atoms with Gasteiger partial charge in [0.2, 0.25) is 0 Å². The number of nitrogens with two attached hydrogens (primary N) is 1. The van der Waals surface area contributed by atoms with Crippen molar-refractivity contribution in [3.05, 3.63) is 0 Å². The van der Waals surface area contributed by atoms with Gasteiger partial charge in [0, 0.05) is 13.1 Å². The molecule has 1 aliphatic rings. The summed E-state index contributed by atoms with van der Waals surface area (Å²) in [5, 5.41) is 0. The summed E-state index contributed by atoms with van der Waals surface area (Å²) in [4.78, 5) is 6.72. The molecular weight excluding hydrogens is 186 g/mol. The van der Waals surface area contributed by atoms with Gasteiger partial charge in [-0.1, -0.05) is 26.2 Å². The second-order valence-electron chi connectivity index (χ2n) is 4.65. The maximum atomic E-state index is 6.00. The standard InChI is InChI=1S/C12H25N3/c1-4-10(2)15(3)12(13)14-11-8-6-5-7-9-11/h10-11H,4-9H2,1-3H3,(H2,13,14). The third-order valence-electron chi connectivity index (χ3n) is 3.50. The van der Waals surface area contributed by atoms with Crippen molar-refractivity contribution in [3.8, 4) is 0 Å². The SMILES string of the molecule is CCC(C)N(C)C(N)=NC1CCCCC1.